The van der Waals surface area contributed by atoms with E-state index in [-0.39, 0.29) is 0 Å². The van der Waals surface area contributed by atoms with Gasteiger partial charge in [0.1, 0.15) is 5.75 Å². The smallest absolute Gasteiger partial charge is 0.119 e. The molecule has 0 aromatic heterocycles. The molecule has 1 spiro atoms. The lowest BCUT2D eigenvalue weighted by Gasteiger charge is -2.58. The van der Waals surface area contributed by atoms with Crippen LogP contribution in [0, 0.1) is 11.3 Å². The molecule has 0 heterocycles. The first-order chi connectivity index (χ1) is 10.6. The fourth-order valence-corrected chi connectivity index (χ4v) is 6.18. The van der Waals surface area contributed by atoms with Gasteiger partial charge in [0, 0.05) is 11.5 Å². The molecular formula is C20H29NO. The van der Waals surface area contributed by atoms with Gasteiger partial charge < -0.3 is 10.1 Å². The molecule has 1 N–H and O–H groups in total. The van der Waals surface area contributed by atoms with E-state index in [2.05, 4.69) is 37.4 Å². The van der Waals surface area contributed by atoms with Crippen LogP contribution in [0.4, 0.5) is 0 Å². The minimum atomic E-state index is 0.314. The van der Waals surface area contributed by atoms with Gasteiger partial charge in [0.05, 0.1) is 7.11 Å². The molecule has 1 aromatic carbocycles. The Kier molecular flexibility index (Phi) is 3.30. The molecule has 0 radical (unpaired) electrons. The van der Waals surface area contributed by atoms with Crippen molar-refractivity contribution in [1.29, 1.82) is 0 Å². The van der Waals surface area contributed by atoms with Gasteiger partial charge in [0.25, 0.3) is 0 Å². The maximum absolute atomic E-state index is 5.54. The third kappa shape index (κ3) is 1.71. The van der Waals surface area contributed by atoms with Crippen LogP contribution < -0.4 is 10.1 Å². The SMILES string of the molecule is CCNC1[C@H]2CC[C@@]13CCc1ccc(OC)cc1[C@]3(C)CC2. The Balaban J connectivity index is 1.85. The Hall–Kier alpha value is -1.02. The Morgan fingerprint density at radius 3 is 2.82 bits per heavy atom. The molecule has 2 nitrogen and oxygen atoms in total. The molecule has 0 aliphatic heterocycles. The van der Waals surface area contributed by atoms with Crippen LogP contribution in [0.25, 0.3) is 0 Å². The van der Waals surface area contributed by atoms with Gasteiger partial charge >= 0.3 is 0 Å². The number of hydrogen-bond acceptors (Lipinski definition) is 2. The van der Waals surface area contributed by atoms with Crippen molar-refractivity contribution in [2.24, 2.45) is 11.3 Å². The molecule has 4 rings (SSSR count). The van der Waals surface area contributed by atoms with Crippen molar-refractivity contribution in [2.45, 2.75) is 63.8 Å². The van der Waals surface area contributed by atoms with E-state index < -0.39 is 0 Å². The van der Waals surface area contributed by atoms with Crippen LogP contribution >= 0.6 is 0 Å². The van der Waals surface area contributed by atoms with Crippen molar-refractivity contribution in [1.82, 2.24) is 5.32 Å². The maximum atomic E-state index is 5.54. The Labute approximate surface area is 134 Å². The Morgan fingerprint density at radius 1 is 1.23 bits per heavy atom. The number of nitrogens with one attached hydrogen (secondary N) is 1. The third-order valence-corrected chi connectivity index (χ3v) is 7.32. The highest BCUT2D eigenvalue weighted by molar-refractivity contribution is 5.46. The van der Waals surface area contributed by atoms with E-state index in [1.54, 1.807) is 18.2 Å². The molecule has 2 heteroatoms. The summed E-state index contributed by atoms with van der Waals surface area (Å²) < 4.78 is 5.54. The number of rotatable bonds is 3. The van der Waals surface area contributed by atoms with Crippen LogP contribution in [-0.4, -0.2) is 19.7 Å². The van der Waals surface area contributed by atoms with Crippen LogP contribution in [-0.2, 0) is 11.8 Å². The fourth-order valence-electron chi connectivity index (χ4n) is 6.18. The second-order valence-corrected chi connectivity index (χ2v) is 7.88. The average molecular weight is 299 g/mol. The second-order valence-electron chi connectivity index (χ2n) is 7.88. The molecule has 2 fully saturated rings. The van der Waals surface area contributed by atoms with Crippen LogP contribution in [0.1, 0.15) is 57.1 Å². The molecule has 120 valence electrons. The first-order valence-electron chi connectivity index (χ1n) is 9.05. The standard InChI is InChI=1S/C20H29NO/c1-4-21-18-15-7-10-19(2)17-13-16(22-3)6-5-14(17)8-11-20(18,19)12-9-15/h5-6,13,15,18,21H,4,7-12H2,1-3H3/t15-,18?,19+,20+/m1/s1. The second kappa shape index (κ2) is 4.99. The fraction of sp³-hybridized carbons (Fsp3) is 0.700. The highest BCUT2D eigenvalue weighted by Crippen LogP contribution is 2.65. The molecule has 3 aliphatic rings. The molecule has 22 heavy (non-hydrogen) atoms. The van der Waals surface area contributed by atoms with Gasteiger partial charge in [-0.2, -0.15) is 0 Å². The van der Waals surface area contributed by atoms with E-state index in [0.717, 1.165) is 24.3 Å². The van der Waals surface area contributed by atoms with Crippen molar-refractivity contribution in [3.05, 3.63) is 29.3 Å². The van der Waals surface area contributed by atoms with Gasteiger partial charge in [-0.25, -0.2) is 0 Å². The van der Waals surface area contributed by atoms with Crippen molar-refractivity contribution < 1.29 is 4.74 Å². The molecule has 0 saturated heterocycles. The number of aryl methyl sites for hydroxylation is 1. The van der Waals surface area contributed by atoms with Gasteiger partial charge in [-0.3, -0.25) is 0 Å². The highest BCUT2D eigenvalue weighted by atomic mass is 16.5. The molecule has 1 aromatic rings. The lowest BCUT2D eigenvalue weighted by molar-refractivity contribution is 0.0233. The van der Waals surface area contributed by atoms with Crippen LogP contribution in [0.2, 0.25) is 0 Å². The number of fused-ring (bicyclic) bond motifs is 3. The van der Waals surface area contributed by atoms with E-state index in [1.165, 1.54) is 38.5 Å². The maximum Gasteiger partial charge on any atom is 0.119 e. The average Bonchev–Trinajstić information content (AvgIpc) is 2.80. The van der Waals surface area contributed by atoms with E-state index >= 15 is 0 Å². The predicted molar refractivity (Wildman–Crippen MR) is 90.5 cm³/mol. The van der Waals surface area contributed by atoms with Gasteiger partial charge in [-0.15, -0.1) is 0 Å². The first kappa shape index (κ1) is 14.6. The summed E-state index contributed by atoms with van der Waals surface area (Å²) in [6.45, 7) is 5.92. The van der Waals surface area contributed by atoms with Gasteiger partial charge in [0.15, 0.2) is 0 Å². The summed E-state index contributed by atoms with van der Waals surface area (Å²) in [6.07, 6.45) is 8.15. The van der Waals surface area contributed by atoms with E-state index in [1.807, 2.05) is 0 Å². The van der Waals surface area contributed by atoms with Crippen LogP contribution in [0.3, 0.4) is 0 Å². The van der Waals surface area contributed by atoms with Crippen molar-refractivity contribution in [3.8, 4) is 5.75 Å². The Bertz CT molecular complexity index is 583. The summed E-state index contributed by atoms with van der Waals surface area (Å²) in [6, 6.07) is 7.52. The zero-order valence-corrected chi connectivity index (χ0v) is 14.2. The van der Waals surface area contributed by atoms with Gasteiger partial charge in [-0.1, -0.05) is 19.9 Å². The minimum absolute atomic E-state index is 0.314. The number of benzene rings is 1. The number of hydrogen-bond donors (Lipinski definition) is 1. The molecule has 2 bridgehead atoms. The van der Waals surface area contributed by atoms with E-state index in [4.69, 9.17) is 4.74 Å². The summed E-state index contributed by atoms with van der Waals surface area (Å²) in [5, 5.41) is 3.89. The lowest BCUT2D eigenvalue weighted by atomic mass is 9.48. The third-order valence-electron chi connectivity index (χ3n) is 7.32. The van der Waals surface area contributed by atoms with Crippen LogP contribution in [0.15, 0.2) is 18.2 Å². The lowest BCUT2D eigenvalue weighted by Crippen LogP contribution is -2.60. The predicted octanol–water partition coefficient (Wildman–Crippen LogP) is 4.07. The topological polar surface area (TPSA) is 21.3 Å². The largest absolute Gasteiger partial charge is 0.497 e. The monoisotopic (exact) mass is 299 g/mol. The molecule has 0 amide bonds. The Morgan fingerprint density at radius 2 is 2.05 bits per heavy atom. The summed E-state index contributed by atoms with van der Waals surface area (Å²) in [5.74, 6) is 1.93. The summed E-state index contributed by atoms with van der Waals surface area (Å²) in [7, 11) is 1.79. The van der Waals surface area contributed by atoms with E-state index in [0.29, 0.717) is 10.8 Å². The van der Waals surface area contributed by atoms with Gasteiger partial charge in [-0.05, 0) is 79.7 Å². The van der Waals surface area contributed by atoms with Crippen molar-refractivity contribution in [3.63, 3.8) is 0 Å². The molecular weight excluding hydrogens is 270 g/mol. The normalized spacial score (nSPS) is 39.2. The summed E-state index contributed by atoms with van der Waals surface area (Å²) in [5.41, 5.74) is 3.93. The molecule has 4 atom stereocenters. The number of ether oxygens (including phenoxy) is 1. The zero-order chi connectivity index (χ0) is 15.4. The summed E-state index contributed by atoms with van der Waals surface area (Å²) >= 11 is 0. The van der Waals surface area contributed by atoms with Crippen molar-refractivity contribution in [2.75, 3.05) is 13.7 Å². The van der Waals surface area contributed by atoms with Crippen molar-refractivity contribution >= 4 is 0 Å². The summed E-state index contributed by atoms with van der Waals surface area (Å²) in [4.78, 5) is 0. The zero-order valence-electron chi connectivity index (χ0n) is 14.2. The van der Waals surface area contributed by atoms with Crippen LogP contribution in [0.5, 0.6) is 5.75 Å². The van der Waals surface area contributed by atoms with Gasteiger partial charge in [0.2, 0.25) is 0 Å². The van der Waals surface area contributed by atoms with E-state index in [9.17, 15) is 0 Å². The quantitative estimate of drug-likeness (QED) is 0.908. The molecule has 1 unspecified atom stereocenters. The molecule has 2 saturated carbocycles. The number of methoxy groups -OCH3 is 1. The molecule has 3 aliphatic carbocycles. The first-order valence-corrected chi connectivity index (χ1v) is 9.05. The minimum Gasteiger partial charge on any atom is -0.497 e. The highest BCUT2D eigenvalue weighted by Gasteiger charge is 2.62.